The molecule has 1 saturated carbocycles. The molecular weight excluding hydrogens is 373 g/mol. The third-order valence-electron chi connectivity index (χ3n) is 5.82. The number of rotatable bonds is 3. The van der Waals surface area contributed by atoms with Crippen molar-refractivity contribution in [2.45, 2.75) is 43.7 Å². The Morgan fingerprint density at radius 3 is 2.19 bits per heavy atom. The molecule has 3 rings (SSSR count). The van der Waals surface area contributed by atoms with Gasteiger partial charge < -0.3 is 10.0 Å². The van der Waals surface area contributed by atoms with Gasteiger partial charge in [-0.25, -0.2) is 8.78 Å². The molecule has 0 aromatic heterocycles. The van der Waals surface area contributed by atoms with Crippen molar-refractivity contribution in [1.29, 1.82) is 0 Å². The second kappa shape index (κ2) is 6.45. The summed E-state index contributed by atoms with van der Waals surface area (Å²) in [6.07, 6.45) is -4.19. The van der Waals surface area contributed by atoms with Crippen molar-refractivity contribution in [2.24, 2.45) is 5.41 Å². The van der Waals surface area contributed by atoms with E-state index in [2.05, 4.69) is 0 Å². The summed E-state index contributed by atoms with van der Waals surface area (Å²) in [5.74, 6) is -4.50. The molecule has 1 N–H and O–H groups in total. The molecule has 0 radical (unpaired) electrons. The Morgan fingerprint density at radius 1 is 1.07 bits per heavy atom. The molecule has 1 heterocycles. The number of alkyl halides is 3. The Hall–Kier alpha value is -2.19. The fraction of sp³-hybridized carbons (Fsp3) is 0.556. The van der Waals surface area contributed by atoms with Gasteiger partial charge in [0, 0.05) is 24.7 Å². The standard InChI is InChI=1S/C18H18F5NO3/c19-11-3-4-12(13(20)9-11)16(5-1-2-6-16)14(25)24-8-7-17(10-24,15(26)27)18(21,22)23/h3-4,9H,1-2,5-8,10H2,(H,26,27). The van der Waals surface area contributed by atoms with Crippen LogP contribution in [0.15, 0.2) is 18.2 Å². The summed E-state index contributed by atoms with van der Waals surface area (Å²) in [6.45, 7) is -1.38. The quantitative estimate of drug-likeness (QED) is 0.801. The molecule has 0 spiro atoms. The summed E-state index contributed by atoms with van der Waals surface area (Å²) < 4.78 is 67.8. The first-order valence-corrected chi connectivity index (χ1v) is 8.59. The number of hydrogen-bond donors (Lipinski definition) is 1. The second-order valence-electron chi connectivity index (χ2n) is 7.28. The molecule has 1 aromatic rings. The maximum atomic E-state index is 14.4. The number of halogens is 5. The van der Waals surface area contributed by atoms with Crippen LogP contribution in [-0.2, 0) is 15.0 Å². The van der Waals surface area contributed by atoms with Crippen LogP contribution in [0.4, 0.5) is 22.0 Å². The van der Waals surface area contributed by atoms with Crippen LogP contribution >= 0.6 is 0 Å². The number of likely N-dealkylation sites (tertiary alicyclic amines) is 1. The average molecular weight is 391 g/mol. The van der Waals surface area contributed by atoms with Crippen LogP contribution in [0, 0.1) is 17.0 Å². The van der Waals surface area contributed by atoms with Crippen molar-refractivity contribution in [3.63, 3.8) is 0 Å². The molecule has 0 bridgehead atoms. The fourth-order valence-electron chi connectivity index (χ4n) is 4.27. The van der Waals surface area contributed by atoms with Gasteiger partial charge in [0.1, 0.15) is 11.6 Å². The van der Waals surface area contributed by atoms with E-state index in [9.17, 15) is 31.5 Å². The smallest absolute Gasteiger partial charge is 0.406 e. The molecule has 1 aliphatic heterocycles. The number of aliphatic carboxylic acids is 1. The minimum Gasteiger partial charge on any atom is -0.481 e. The van der Waals surface area contributed by atoms with Gasteiger partial charge in [0.25, 0.3) is 0 Å². The maximum Gasteiger partial charge on any atom is 0.406 e. The SMILES string of the molecule is O=C(N1CCC(C(=O)O)(C(F)(F)F)C1)C1(c2ccc(F)cc2F)CCCC1. The van der Waals surface area contributed by atoms with E-state index >= 15 is 0 Å². The van der Waals surface area contributed by atoms with Gasteiger partial charge in [0.2, 0.25) is 5.91 Å². The molecule has 1 aliphatic carbocycles. The van der Waals surface area contributed by atoms with Gasteiger partial charge in [-0.05, 0) is 25.3 Å². The number of amides is 1. The van der Waals surface area contributed by atoms with Crippen molar-refractivity contribution in [3.8, 4) is 0 Å². The minimum atomic E-state index is -5.02. The lowest BCUT2D eigenvalue weighted by atomic mass is 9.77. The zero-order valence-corrected chi connectivity index (χ0v) is 14.3. The normalized spacial score (nSPS) is 25.0. The molecule has 27 heavy (non-hydrogen) atoms. The van der Waals surface area contributed by atoms with Crippen LogP contribution in [0.2, 0.25) is 0 Å². The first kappa shape index (κ1) is 19.6. The topological polar surface area (TPSA) is 57.6 Å². The zero-order chi connectivity index (χ0) is 20.0. The van der Waals surface area contributed by atoms with Gasteiger partial charge in [0.05, 0.1) is 5.41 Å². The van der Waals surface area contributed by atoms with Crippen molar-refractivity contribution in [2.75, 3.05) is 13.1 Å². The molecule has 148 valence electrons. The molecule has 2 aliphatic rings. The van der Waals surface area contributed by atoms with Crippen LogP contribution in [0.1, 0.15) is 37.7 Å². The molecule has 9 heteroatoms. The van der Waals surface area contributed by atoms with E-state index < -0.39 is 53.5 Å². The Balaban J connectivity index is 1.97. The number of benzene rings is 1. The highest BCUT2D eigenvalue weighted by Crippen LogP contribution is 2.49. The van der Waals surface area contributed by atoms with E-state index in [-0.39, 0.29) is 24.9 Å². The van der Waals surface area contributed by atoms with Gasteiger partial charge in [-0.2, -0.15) is 13.2 Å². The maximum absolute atomic E-state index is 14.4. The lowest BCUT2D eigenvalue weighted by Gasteiger charge is -2.34. The fourth-order valence-corrected chi connectivity index (χ4v) is 4.27. The van der Waals surface area contributed by atoms with Gasteiger partial charge in [0.15, 0.2) is 5.41 Å². The minimum absolute atomic E-state index is 0.0498. The molecule has 1 amide bonds. The highest BCUT2D eigenvalue weighted by Gasteiger charge is 2.65. The first-order chi connectivity index (χ1) is 12.5. The highest BCUT2D eigenvalue weighted by molar-refractivity contribution is 5.90. The summed E-state index contributed by atoms with van der Waals surface area (Å²) in [7, 11) is 0. The third-order valence-corrected chi connectivity index (χ3v) is 5.82. The van der Waals surface area contributed by atoms with Gasteiger partial charge in [-0.3, -0.25) is 9.59 Å². The number of carboxylic acids is 1. The summed E-state index contributed by atoms with van der Waals surface area (Å²) in [4.78, 5) is 25.4. The van der Waals surface area contributed by atoms with E-state index in [1.165, 1.54) is 0 Å². The predicted octanol–water partition coefficient (Wildman–Crippen LogP) is 3.64. The van der Waals surface area contributed by atoms with Gasteiger partial charge >= 0.3 is 12.1 Å². The average Bonchev–Trinajstić information content (AvgIpc) is 3.22. The van der Waals surface area contributed by atoms with Crippen molar-refractivity contribution >= 4 is 11.9 Å². The molecular formula is C18H18F5NO3. The number of carboxylic acid groups (broad SMARTS) is 1. The van der Waals surface area contributed by atoms with Crippen LogP contribution < -0.4 is 0 Å². The number of nitrogens with zero attached hydrogens (tertiary/aromatic N) is 1. The molecule has 1 saturated heterocycles. The summed E-state index contributed by atoms with van der Waals surface area (Å²) >= 11 is 0. The van der Waals surface area contributed by atoms with Gasteiger partial charge in [-0.15, -0.1) is 0 Å². The summed E-state index contributed by atoms with van der Waals surface area (Å²) in [5, 5.41) is 9.16. The molecule has 1 unspecified atom stereocenters. The van der Waals surface area contributed by atoms with Crippen molar-refractivity contribution in [1.82, 2.24) is 4.90 Å². The largest absolute Gasteiger partial charge is 0.481 e. The molecule has 4 nitrogen and oxygen atoms in total. The van der Waals surface area contributed by atoms with Crippen molar-refractivity contribution in [3.05, 3.63) is 35.4 Å². The Kier molecular flexibility index (Phi) is 4.68. The summed E-state index contributed by atoms with van der Waals surface area (Å²) in [6, 6.07) is 2.80. The predicted molar refractivity (Wildman–Crippen MR) is 83.8 cm³/mol. The number of hydrogen-bond acceptors (Lipinski definition) is 2. The van der Waals surface area contributed by atoms with E-state index in [4.69, 9.17) is 5.11 Å². The molecule has 1 aromatic carbocycles. The van der Waals surface area contributed by atoms with Crippen molar-refractivity contribution < 1.29 is 36.6 Å². The monoisotopic (exact) mass is 391 g/mol. The molecule has 1 atom stereocenters. The Morgan fingerprint density at radius 2 is 1.70 bits per heavy atom. The van der Waals surface area contributed by atoms with E-state index in [1.807, 2.05) is 0 Å². The summed E-state index contributed by atoms with van der Waals surface area (Å²) in [5.41, 5.74) is -4.46. The highest BCUT2D eigenvalue weighted by atomic mass is 19.4. The van der Waals surface area contributed by atoms with Crippen LogP contribution in [0.3, 0.4) is 0 Å². The number of carbonyl (C=O) groups excluding carboxylic acids is 1. The van der Waals surface area contributed by atoms with Crippen LogP contribution in [-0.4, -0.2) is 41.1 Å². The lowest BCUT2D eigenvalue weighted by molar-refractivity contribution is -0.227. The first-order valence-electron chi connectivity index (χ1n) is 8.59. The molecule has 2 fully saturated rings. The van der Waals surface area contributed by atoms with E-state index in [1.54, 1.807) is 0 Å². The second-order valence-corrected chi connectivity index (χ2v) is 7.28. The number of carbonyl (C=O) groups is 2. The van der Waals surface area contributed by atoms with E-state index in [0.717, 1.165) is 17.0 Å². The van der Waals surface area contributed by atoms with E-state index in [0.29, 0.717) is 18.9 Å². The van der Waals surface area contributed by atoms with Crippen LogP contribution in [0.25, 0.3) is 0 Å². The zero-order valence-electron chi connectivity index (χ0n) is 14.3. The van der Waals surface area contributed by atoms with Crippen LogP contribution in [0.5, 0.6) is 0 Å². The lowest BCUT2D eigenvalue weighted by Crippen LogP contribution is -2.50. The Bertz CT molecular complexity index is 773. The third kappa shape index (κ3) is 2.96. The Labute approximate surface area is 152 Å². The van der Waals surface area contributed by atoms with Gasteiger partial charge in [-0.1, -0.05) is 18.9 Å².